The molecule has 0 aliphatic carbocycles. The van der Waals surface area contributed by atoms with Crippen LogP contribution in [0.5, 0.6) is 0 Å². The molecule has 1 unspecified atom stereocenters. The monoisotopic (exact) mass is 219 g/mol. The molecule has 2 heterocycles. The van der Waals surface area contributed by atoms with Gasteiger partial charge in [0.2, 0.25) is 5.91 Å². The number of pyridine rings is 1. The van der Waals surface area contributed by atoms with E-state index in [0.717, 1.165) is 18.7 Å². The quantitative estimate of drug-likeness (QED) is 0.808. The van der Waals surface area contributed by atoms with E-state index in [0.29, 0.717) is 12.5 Å². The smallest absolute Gasteiger partial charge is 0.224 e. The molecule has 86 valence electrons. The number of rotatable bonds is 4. The molecular formula is C12H17N3O. The first-order valence-corrected chi connectivity index (χ1v) is 5.78. The van der Waals surface area contributed by atoms with E-state index >= 15 is 0 Å². The van der Waals surface area contributed by atoms with E-state index in [1.807, 2.05) is 12.1 Å². The fourth-order valence-electron chi connectivity index (χ4n) is 1.97. The standard InChI is InChI=1S/C12H17N3O/c16-12(6-5-10-3-2-8-14-10)15-11-4-1-7-13-9-11/h1,4,7,9-10,14H,2-3,5-6,8H2,(H,15,16). The van der Waals surface area contributed by atoms with Gasteiger partial charge in [0, 0.05) is 18.7 Å². The zero-order valence-electron chi connectivity index (χ0n) is 9.28. The Morgan fingerprint density at radius 2 is 2.56 bits per heavy atom. The van der Waals surface area contributed by atoms with Crippen molar-refractivity contribution in [2.24, 2.45) is 0 Å². The van der Waals surface area contributed by atoms with Gasteiger partial charge in [-0.25, -0.2) is 0 Å². The Hall–Kier alpha value is -1.42. The Morgan fingerprint density at radius 3 is 3.25 bits per heavy atom. The molecule has 0 saturated carbocycles. The lowest BCUT2D eigenvalue weighted by Crippen LogP contribution is -2.23. The van der Waals surface area contributed by atoms with Crippen LogP contribution in [0.25, 0.3) is 0 Å². The van der Waals surface area contributed by atoms with Gasteiger partial charge in [-0.15, -0.1) is 0 Å². The molecule has 0 bridgehead atoms. The van der Waals surface area contributed by atoms with Crippen LogP contribution in [-0.2, 0) is 4.79 Å². The molecule has 1 aromatic heterocycles. The Labute approximate surface area is 95.5 Å². The molecule has 4 nitrogen and oxygen atoms in total. The minimum atomic E-state index is 0.0710. The molecule has 0 spiro atoms. The van der Waals surface area contributed by atoms with Crippen molar-refractivity contribution in [3.63, 3.8) is 0 Å². The van der Waals surface area contributed by atoms with E-state index in [4.69, 9.17) is 0 Å². The molecule has 0 radical (unpaired) electrons. The molecule has 1 atom stereocenters. The number of aromatic nitrogens is 1. The maximum Gasteiger partial charge on any atom is 0.224 e. The van der Waals surface area contributed by atoms with Crippen LogP contribution >= 0.6 is 0 Å². The fourth-order valence-corrected chi connectivity index (χ4v) is 1.97. The summed E-state index contributed by atoms with van der Waals surface area (Å²) in [6, 6.07) is 4.19. The first kappa shape index (κ1) is 11.1. The summed E-state index contributed by atoms with van der Waals surface area (Å²) in [5, 5.41) is 6.22. The number of hydrogen-bond acceptors (Lipinski definition) is 3. The van der Waals surface area contributed by atoms with Crippen molar-refractivity contribution in [2.75, 3.05) is 11.9 Å². The molecule has 1 aliphatic heterocycles. The highest BCUT2D eigenvalue weighted by Gasteiger charge is 2.15. The number of carbonyl (C=O) groups is 1. The Bertz CT molecular complexity index is 333. The average molecular weight is 219 g/mol. The number of hydrogen-bond donors (Lipinski definition) is 2. The summed E-state index contributed by atoms with van der Waals surface area (Å²) in [5.74, 6) is 0.0710. The number of nitrogens with zero attached hydrogens (tertiary/aromatic N) is 1. The van der Waals surface area contributed by atoms with Gasteiger partial charge in [-0.2, -0.15) is 0 Å². The zero-order chi connectivity index (χ0) is 11.2. The summed E-state index contributed by atoms with van der Waals surface area (Å²) in [4.78, 5) is 15.6. The predicted molar refractivity (Wildman–Crippen MR) is 63.1 cm³/mol. The van der Waals surface area contributed by atoms with Crippen LogP contribution in [0, 0.1) is 0 Å². The van der Waals surface area contributed by atoms with Crippen molar-refractivity contribution in [1.82, 2.24) is 10.3 Å². The molecule has 1 aromatic rings. The highest BCUT2D eigenvalue weighted by atomic mass is 16.1. The summed E-state index contributed by atoms with van der Waals surface area (Å²) < 4.78 is 0. The predicted octanol–water partition coefficient (Wildman–Crippen LogP) is 1.55. The van der Waals surface area contributed by atoms with Crippen LogP contribution < -0.4 is 10.6 Å². The number of nitrogens with one attached hydrogen (secondary N) is 2. The minimum absolute atomic E-state index is 0.0710. The average Bonchev–Trinajstić information content (AvgIpc) is 2.81. The van der Waals surface area contributed by atoms with Gasteiger partial charge in [0.25, 0.3) is 0 Å². The van der Waals surface area contributed by atoms with E-state index in [1.165, 1.54) is 12.8 Å². The lowest BCUT2D eigenvalue weighted by molar-refractivity contribution is -0.116. The maximum absolute atomic E-state index is 11.6. The molecule has 16 heavy (non-hydrogen) atoms. The van der Waals surface area contributed by atoms with Crippen LogP contribution in [-0.4, -0.2) is 23.5 Å². The van der Waals surface area contributed by atoms with Crippen LogP contribution in [0.15, 0.2) is 24.5 Å². The highest BCUT2D eigenvalue weighted by molar-refractivity contribution is 5.90. The fraction of sp³-hybridized carbons (Fsp3) is 0.500. The van der Waals surface area contributed by atoms with Gasteiger partial charge in [-0.3, -0.25) is 9.78 Å². The third-order valence-electron chi connectivity index (χ3n) is 2.83. The van der Waals surface area contributed by atoms with Gasteiger partial charge >= 0.3 is 0 Å². The lowest BCUT2D eigenvalue weighted by Gasteiger charge is -2.09. The molecule has 1 amide bonds. The molecule has 1 saturated heterocycles. The molecule has 1 aliphatic rings. The second-order valence-corrected chi connectivity index (χ2v) is 4.12. The van der Waals surface area contributed by atoms with Gasteiger partial charge in [-0.05, 0) is 37.9 Å². The minimum Gasteiger partial charge on any atom is -0.325 e. The van der Waals surface area contributed by atoms with E-state index < -0.39 is 0 Å². The van der Waals surface area contributed by atoms with E-state index in [9.17, 15) is 4.79 Å². The largest absolute Gasteiger partial charge is 0.325 e. The number of carbonyl (C=O) groups excluding carboxylic acids is 1. The van der Waals surface area contributed by atoms with Crippen molar-refractivity contribution in [3.8, 4) is 0 Å². The molecule has 2 rings (SSSR count). The summed E-state index contributed by atoms with van der Waals surface area (Å²) >= 11 is 0. The SMILES string of the molecule is O=C(CCC1CCCN1)Nc1cccnc1. The van der Waals surface area contributed by atoms with Gasteiger partial charge in [0.05, 0.1) is 11.9 Å². The van der Waals surface area contributed by atoms with E-state index in [1.54, 1.807) is 12.4 Å². The second-order valence-electron chi connectivity index (χ2n) is 4.12. The van der Waals surface area contributed by atoms with Crippen molar-refractivity contribution < 1.29 is 4.79 Å². The number of anilines is 1. The molecule has 4 heteroatoms. The highest BCUT2D eigenvalue weighted by Crippen LogP contribution is 2.11. The molecule has 2 N–H and O–H groups in total. The Balaban J connectivity index is 1.72. The Morgan fingerprint density at radius 1 is 1.62 bits per heavy atom. The van der Waals surface area contributed by atoms with Crippen molar-refractivity contribution in [2.45, 2.75) is 31.7 Å². The first-order valence-electron chi connectivity index (χ1n) is 5.78. The normalized spacial score (nSPS) is 19.6. The zero-order valence-corrected chi connectivity index (χ0v) is 9.28. The number of amides is 1. The van der Waals surface area contributed by atoms with Crippen LogP contribution in [0.2, 0.25) is 0 Å². The topological polar surface area (TPSA) is 54.0 Å². The van der Waals surface area contributed by atoms with E-state index in [-0.39, 0.29) is 5.91 Å². The third-order valence-corrected chi connectivity index (χ3v) is 2.83. The molecular weight excluding hydrogens is 202 g/mol. The van der Waals surface area contributed by atoms with Crippen LogP contribution in [0.1, 0.15) is 25.7 Å². The maximum atomic E-state index is 11.6. The van der Waals surface area contributed by atoms with Crippen LogP contribution in [0.4, 0.5) is 5.69 Å². The molecule has 1 fully saturated rings. The van der Waals surface area contributed by atoms with Gasteiger partial charge in [-0.1, -0.05) is 0 Å². The van der Waals surface area contributed by atoms with E-state index in [2.05, 4.69) is 15.6 Å². The lowest BCUT2D eigenvalue weighted by atomic mass is 10.1. The van der Waals surface area contributed by atoms with Crippen molar-refractivity contribution in [3.05, 3.63) is 24.5 Å². The van der Waals surface area contributed by atoms with Gasteiger partial charge in [0.1, 0.15) is 0 Å². The van der Waals surface area contributed by atoms with Gasteiger partial charge in [0.15, 0.2) is 0 Å². The Kier molecular flexibility index (Phi) is 3.88. The first-order chi connectivity index (χ1) is 7.84. The van der Waals surface area contributed by atoms with Gasteiger partial charge < -0.3 is 10.6 Å². The molecule has 0 aromatic carbocycles. The summed E-state index contributed by atoms with van der Waals surface area (Å²) in [6.07, 6.45) is 7.28. The third kappa shape index (κ3) is 3.31. The summed E-state index contributed by atoms with van der Waals surface area (Å²) in [5.41, 5.74) is 0.770. The van der Waals surface area contributed by atoms with Crippen molar-refractivity contribution in [1.29, 1.82) is 0 Å². The summed E-state index contributed by atoms with van der Waals surface area (Å²) in [7, 11) is 0. The van der Waals surface area contributed by atoms with Crippen LogP contribution in [0.3, 0.4) is 0 Å². The second kappa shape index (κ2) is 5.61. The summed E-state index contributed by atoms with van der Waals surface area (Å²) in [6.45, 7) is 1.09. The van der Waals surface area contributed by atoms with Crippen molar-refractivity contribution >= 4 is 11.6 Å².